The quantitative estimate of drug-likeness (QED) is 0.191. The Balaban J connectivity index is 1.05. The molecule has 52 heavy (non-hydrogen) atoms. The summed E-state index contributed by atoms with van der Waals surface area (Å²) in [6, 6.07) is 30.4. The smallest absolute Gasteiger partial charge is 0.0992 e. The number of hydrogen-bond donors (Lipinski definition) is 0. The zero-order chi connectivity index (χ0) is 35.3. The molecule has 5 aromatic rings. The maximum absolute atomic E-state index is 10.0. The van der Waals surface area contributed by atoms with E-state index in [0.717, 1.165) is 40.6 Å². The van der Waals surface area contributed by atoms with Crippen LogP contribution in [0.5, 0.6) is 0 Å². The van der Waals surface area contributed by atoms with Crippen molar-refractivity contribution in [2.24, 2.45) is 5.92 Å². The van der Waals surface area contributed by atoms with E-state index in [2.05, 4.69) is 137 Å². The largest absolute Gasteiger partial charge is 0.336 e. The predicted octanol–water partition coefficient (Wildman–Crippen LogP) is 10.6. The molecular weight excluding hydrogens is 635 g/mol. The van der Waals surface area contributed by atoms with Crippen molar-refractivity contribution in [1.29, 1.82) is 15.8 Å². The van der Waals surface area contributed by atoms with Gasteiger partial charge in [0, 0.05) is 68.4 Å². The summed E-state index contributed by atoms with van der Waals surface area (Å²) in [6.45, 7) is 2.09. The van der Waals surface area contributed by atoms with Crippen molar-refractivity contribution < 1.29 is 0 Å². The molecule has 4 aliphatic carbocycles. The van der Waals surface area contributed by atoms with Crippen LogP contribution in [0.2, 0.25) is 0 Å². The SMILES string of the molecule is CC1Cc2c(c3ccc(C#N)cc3n2C2C=C(C#N)C=CC2c2ccc(C3C=CC(n4c5c(c6ccccc64)C=CC=CC5)=CC3)cc2)C=C1C#N. The van der Waals surface area contributed by atoms with E-state index in [-0.39, 0.29) is 23.8 Å². The molecule has 0 fully saturated rings. The molecule has 0 saturated heterocycles. The van der Waals surface area contributed by atoms with Gasteiger partial charge in [-0.3, -0.25) is 0 Å². The van der Waals surface area contributed by atoms with E-state index >= 15 is 0 Å². The highest BCUT2D eigenvalue weighted by Gasteiger charge is 2.32. The third kappa shape index (κ3) is 5.04. The van der Waals surface area contributed by atoms with Crippen molar-refractivity contribution in [2.45, 2.75) is 44.1 Å². The lowest BCUT2D eigenvalue weighted by Gasteiger charge is -2.31. The van der Waals surface area contributed by atoms with Crippen molar-refractivity contribution in [3.63, 3.8) is 0 Å². The highest BCUT2D eigenvalue weighted by atomic mass is 15.0. The number of benzene rings is 3. The third-order valence-corrected chi connectivity index (χ3v) is 11.3. The van der Waals surface area contributed by atoms with Gasteiger partial charge in [-0.1, -0.05) is 98.0 Å². The standard InChI is InChI=1S/C47H35N5/c1-30-23-45-42(26-36(30)29-50)41-22-12-32(28-49)25-47(41)52(45)46-24-31(27-48)11-21-38(46)35-15-13-33(14-16-35)34-17-19-37(20-18-34)51-43-9-4-2-3-7-39(43)40-8-5-6-10-44(40)51/h2-8,10-17,19-22,24-26,30,34,38,46H,9,18,23H2,1H3. The molecular formula is C47H35N5. The molecule has 2 heterocycles. The third-order valence-electron chi connectivity index (χ3n) is 11.3. The summed E-state index contributed by atoms with van der Waals surface area (Å²) in [7, 11) is 0. The van der Waals surface area contributed by atoms with Crippen LogP contribution in [0.25, 0.3) is 39.7 Å². The topological polar surface area (TPSA) is 81.2 Å². The predicted molar refractivity (Wildman–Crippen MR) is 209 cm³/mol. The van der Waals surface area contributed by atoms with Crippen LogP contribution in [-0.4, -0.2) is 9.13 Å². The van der Waals surface area contributed by atoms with Crippen LogP contribution < -0.4 is 0 Å². The van der Waals surface area contributed by atoms with Gasteiger partial charge < -0.3 is 9.13 Å². The van der Waals surface area contributed by atoms with Gasteiger partial charge in [-0.15, -0.1) is 0 Å². The fourth-order valence-electron chi connectivity index (χ4n) is 8.69. The van der Waals surface area contributed by atoms with Crippen molar-refractivity contribution in [2.75, 3.05) is 0 Å². The van der Waals surface area contributed by atoms with E-state index in [9.17, 15) is 15.8 Å². The van der Waals surface area contributed by atoms with Crippen LogP contribution in [0.15, 0.2) is 133 Å². The Morgan fingerprint density at radius 3 is 2.37 bits per heavy atom. The summed E-state index contributed by atoms with van der Waals surface area (Å²) in [6.07, 6.45) is 26.4. The molecule has 4 aliphatic rings. The number of nitrogens with zero attached hydrogens (tertiary/aromatic N) is 5. The van der Waals surface area contributed by atoms with E-state index in [4.69, 9.17) is 0 Å². The second kappa shape index (κ2) is 12.6. The van der Waals surface area contributed by atoms with Crippen LogP contribution in [-0.2, 0) is 12.8 Å². The first-order valence-electron chi connectivity index (χ1n) is 18.0. The molecule has 9 rings (SSSR count). The first-order chi connectivity index (χ1) is 25.6. The summed E-state index contributed by atoms with van der Waals surface area (Å²) in [5.41, 5.74) is 12.6. The summed E-state index contributed by atoms with van der Waals surface area (Å²) < 4.78 is 4.76. The second-order valence-corrected chi connectivity index (χ2v) is 14.2. The lowest BCUT2D eigenvalue weighted by atomic mass is 9.83. The molecule has 248 valence electrons. The molecule has 0 amide bonds. The lowest BCUT2D eigenvalue weighted by Crippen LogP contribution is -2.22. The summed E-state index contributed by atoms with van der Waals surface area (Å²) in [4.78, 5) is 0. The van der Waals surface area contributed by atoms with Gasteiger partial charge >= 0.3 is 0 Å². The van der Waals surface area contributed by atoms with E-state index in [1.54, 1.807) is 0 Å². The fraction of sp³-hybridized carbons (Fsp3) is 0.170. The Morgan fingerprint density at radius 1 is 0.750 bits per heavy atom. The summed E-state index contributed by atoms with van der Waals surface area (Å²) in [5, 5.41) is 32.0. The number of fused-ring (bicyclic) bond motifs is 6. The molecule has 3 aromatic carbocycles. The monoisotopic (exact) mass is 669 g/mol. The summed E-state index contributed by atoms with van der Waals surface area (Å²) in [5.74, 6) is 0.320. The molecule has 0 spiro atoms. The van der Waals surface area contributed by atoms with Gasteiger partial charge in [0.1, 0.15) is 0 Å². The minimum absolute atomic E-state index is 0.0259. The Kier molecular flexibility index (Phi) is 7.61. The zero-order valence-corrected chi connectivity index (χ0v) is 28.9. The Hall–Kier alpha value is -6.61. The Labute approximate surface area is 303 Å². The fourth-order valence-corrected chi connectivity index (χ4v) is 8.69. The van der Waals surface area contributed by atoms with Crippen LogP contribution >= 0.6 is 0 Å². The van der Waals surface area contributed by atoms with Gasteiger partial charge in [-0.25, -0.2) is 0 Å². The second-order valence-electron chi connectivity index (χ2n) is 14.2. The number of allylic oxidation sites excluding steroid dienone is 12. The molecule has 0 saturated carbocycles. The number of rotatable bonds is 4. The van der Waals surface area contributed by atoms with E-state index in [1.165, 1.54) is 39.0 Å². The van der Waals surface area contributed by atoms with Crippen molar-refractivity contribution in [3.05, 3.63) is 172 Å². The van der Waals surface area contributed by atoms with Gasteiger partial charge in [0.15, 0.2) is 0 Å². The first kappa shape index (κ1) is 31.4. The average molecular weight is 670 g/mol. The van der Waals surface area contributed by atoms with Gasteiger partial charge in [-0.05, 0) is 72.4 Å². The molecule has 4 atom stereocenters. The maximum Gasteiger partial charge on any atom is 0.0992 e. The molecule has 2 aromatic heterocycles. The van der Waals surface area contributed by atoms with Crippen LogP contribution in [0.4, 0.5) is 0 Å². The zero-order valence-electron chi connectivity index (χ0n) is 28.9. The van der Waals surface area contributed by atoms with Crippen molar-refractivity contribution in [3.8, 4) is 18.2 Å². The highest BCUT2D eigenvalue weighted by Crippen LogP contribution is 2.44. The van der Waals surface area contributed by atoms with Gasteiger partial charge in [-0.2, -0.15) is 15.8 Å². The van der Waals surface area contributed by atoms with Crippen LogP contribution in [0, 0.1) is 39.9 Å². The Bertz CT molecular complexity index is 2660. The minimum atomic E-state index is -0.175. The Morgan fingerprint density at radius 2 is 1.58 bits per heavy atom. The molecule has 0 N–H and O–H groups in total. The van der Waals surface area contributed by atoms with Gasteiger partial charge in [0.25, 0.3) is 0 Å². The minimum Gasteiger partial charge on any atom is -0.336 e. The number of nitriles is 3. The van der Waals surface area contributed by atoms with E-state index in [0.29, 0.717) is 17.6 Å². The van der Waals surface area contributed by atoms with Crippen LogP contribution in [0.1, 0.15) is 70.4 Å². The molecule has 0 bridgehead atoms. The molecule has 0 aliphatic heterocycles. The lowest BCUT2D eigenvalue weighted by molar-refractivity contribution is 0.523. The molecule has 0 radical (unpaired) electrons. The van der Waals surface area contributed by atoms with Gasteiger partial charge in [0.05, 0.1) is 40.8 Å². The average Bonchev–Trinajstić information content (AvgIpc) is 3.55. The van der Waals surface area contributed by atoms with Crippen LogP contribution in [0.3, 0.4) is 0 Å². The molecule has 4 unspecified atom stereocenters. The molecule has 5 heteroatoms. The van der Waals surface area contributed by atoms with Crippen molar-refractivity contribution >= 4 is 39.7 Å². The van der Waals surface area contributed by atoms with Crippen molar-refractivity contribution in [1.82, 2.24) is 9.13 Å². The summed E-state index contributed by atoms with van der Waals surface area (Å²) >= 11 is 0. The highest BCUT2D eigenvalue weighted by molar-refractivity contribution is 5.96. The number of para-hydroxylation sites is 1. The normalized spacial score (nSPS) is 21.7. The van der Waals surface area contributed by atoms with Gasteiger partial charge in [0.2, 0.25) is 0 Å². The molecule has 5 nitrogen and oxygen atoms in total. The first-order valence-corrected chi connectivity index (χ1v) is 18.0. The van der Waals surface area contributed by atoms with E-state index in [1.807, 2.05) is 30.4 Å². The van der Waals surface area contributed by atoms with E-state index < -0.39 is 0 Å². The maximum atomic E-state index is 10.0. The number of hydrogen-bond acceptors (Lipinski definition) is 3. The number of aromatic nitrogens is 2.